The van der Waals surface area contributed by atoms with Crippen LogP contribution in [0.15, 0.2) is 42.5 Å². The monoisotopic (exact) mass is 385 g/mol. The zero-order chi connectivity index (χ0) is 20.8. The van der Waals surface area contributed by atoms with Crippen LogP contribution >= 0.6 is 0 Å². The van der Waals surface area contributed by atoms with Crippen LogP contribution in [0.3, 0.4) is 0 Å². The Morgan fingerprint density at radius 2 is 1.79 bits per heavy atom. The van der Waals surface area contributed by atoms with Gasteiger partial charge in [0.05, 0.1) is 16.2 Å². The summed E-state index contributed by atoms with van der Waals surface area (Å²) in [6, 6.07) is 10.3. The van der Waals surface area contributed by atoms with Gasteiger partial charge in [0, 0.05) is 18.7 Å². The Bertz CT molecular complexity index is 941. The van der Waals surface area contributed by atoms with Gasteiger partial charge in [-0.05, 0) is 38.1 Å². The molecule has 2 aromatic rings. The molecular formula is C19H19N3O6. The highest BCUT2D eigenvalue weighted by molar-refractivity contribution is 6.05. The van der Waals surface area contributed by atoms with E-state index < -0.39 is 22.9 Å². The van der Waals surface area contributed by atoms with Crippen LogP contribution in [0.25, 0.3) is 0 Å². The molecule has 2 rings (SSSR count). The molecule has 0 aromatic heterocycles. The second-order valence-corrected chi connectivity index (χ2v) is 5.88. The molecule has 28 heavy (non-hydrogen) atoms. The van der Waals surface area contributed by atoms with Crippen molar-refractivity contribution in [3.8, 4) is 0 Å². The third-order valence-electron chi connectivity index (χ3n) is 3.92. The summed E-state index contributed by atoms with van der Waals surface area (Å²) in [5, 5.41) is 16.3. The maximum atomic E-state index is 12.3. The molecule has 0 heterocycles. The molecule has 2 N–H and O–H groups in total. The van der Waals surface area contributed by atoms with E-state index in [-0.39, 0.29) is 22.7 Å². The highest BCUT2D eigenvalue weighted by Gasteiger charge is 2.23. The van der Waals surface area contributed by atoms with Crippen molar-refractivity contribution >= 4 is 34.7 Å². The summed E-state index contributed by atoms with van der Waals surface area (Å²) in [7, 11) is 1.52. The van der Waals surface area contributed by atoms with Crippen LogP contribution in [0.1, 0.15) is 34.6 Å². The van der Waals surface area contributed by atoms with Crippen LogP contribution in [-0.2, 0) is 9.53 Å². The fourth-order valence-corrected chi connectivity index (χ4v) is 2.44. The molecule has 0 aliphatic carbocycles. The van der Waals surface area contributed by atoms with Gasteiger partial charge >= 0.3 is 5.97 Å². The molecule has 1 amide bonds. The SMILES string of the molecule is CNc1ccc(C(=O)OC(C)C(=O)Nc2ccccc2C(C)=O)cc1[N+](=O)[O-]. The first kappa shape index (κ1) is 20.6. The van der Waals surface area contributed by atoms with Crippen molar-refractivity contribution in [3.05, 3.63) is 63.7 Å². The maximum Gasteiger partial charge on any atom is 0.339 e. The van der Waals surface area contributed by atoms with Crippen LogP contribution in [0, 0.1) is 10.1 Å². The van der Waals surface area contributed by atoms with Crippen LogP contribution in [-0.4, -0.2) is 35.7 Å². The Morgan fingerprint density at radius 3 is 2.39 bits per heavy atom. The molecule has 146 valence electrons. The first-order valence-corrected chi connectivity index (χ1v) is 8.32. The number of anilines is 2. The van der Waals surface area contributed by atoms with Crippen molar-refractivity contribution in [3.63, 3.8) is 0 Å². The van der Waals surface area contributed by atoms with Crippen LogP contribution < -0.4 is 10.6 Å². The van der Waals surface area contributed by atoms with Crippen molar-refractivity contribution in [1.82, 2.24) is 0 Å². The number of hydrogen-bond donors (Lipinski definition) is 2. The zero-order valence-corrected chi connectivity index (χ0v) is 15.5. The van der Waals surface area contributed by atoms with Gasteiger partial charge in [0.15, 0.2) is 11.9 Å². The number of esters is 1. The minimum atomic E-state index is -1.18. The molecule has 0 radical (unpaired) electrons. The Labute approximate surface area is 160 Å². The molecule has 0 aliphatic heterocycles. The Hall–Kier alpha value is -3.75. The number of benzene rings is 2. The lowest BCUT2D eigenvalue weighted by molar-refractivity contribution is -0.384. The summed E-state index contributed by atoms with van der Waals surface area (Å²) in [4.78, 5) is 46.7. The van der Waals surface area contributed by atoms with Crippen molar-refractivity contribution < 1.29 is 24.0 Å². The van der Waals surface area contributed by atoms with Gasteiger partial charge < -0.3 is 15.4 Å². The summed E-state index contributed by atoms with van der Waals surface area (Å²) in [6.45, 7) is 2.73. The van der Waals surface area contributed by atoms with Gasteiger partial charge in [0.25, 0.3) is 11.6 Å². The number of nitro benzene ring substituents is 1. The lowest BCUT2D eigenvalue weighted by Crippen LogP contribution is -2.30. The maximum absolute atomic E-state index is 12.3. The first-order valence-electron chi connectivity index (χ1n) is 8.32. The van der Waals surface area contributed by atoms with Crippen molar-refractivity contribution in [1.29, 1.82) is 0 Å². The molecular weight excluding hydrogens is 366 g/mol. The summed E-state index contributed by atoms with van der Waals surface area (Å²) in [6.07, 6.45) is -1.18. The van der Waals surface area contributed by atoms with E-state index >= 15 is 0 Å². The zero-order valence-electron chi connectivity index (χ0n) is 15.5. The highest BCUT2D eigenvalue weighted by Crippen LogP contribution is 2.25. The van der Waals surface area contributed by atoms with Gasteiger partial charge in [0.2, 0.25) is 0 Å². The predicted molar refractivity (Wildman–Crippen MR) is 103 cm³/mol. The molecule has 0 saturated heterocycles. The molecule has 2 aromatic carbocycles. The van der Waals surface area contributed by atoms with E-state index in [1.807, 2.05) is 0 Å². The molecule has 0 fully saturated rings. The Kier molecular flexibility index (Phi) is 6.43. The lowest BCUT2D eigenvalue weighted by atomic mass is 10.1. The Morgan fingerprint density at radius 1 is 1.11 bits per heavy atom. The number of amides is 1. The van der Waals surface area contributed by atoms with E-state index in [1.54, 1.807) is 24.3 Å². The quantitative estimate of drug-likeness (QED) is 0.324. The number of carbonyl (C=O) groups excluding carboxylic acids is 3. The van der Waals surface area contributed by atoms with Gasteiger partial charge in [-0.1, -0.05) is 12.1 Å². The van der Waals surface area contributed by atoms with E-state index in [2.05, 4.69) is 10.6 Å². The van der Waals surface area contributed by atoms with Gasteiger partial charge in [-0.15, -0.1) is 0 Å². The summed E-state index contributed by atoms with van der Waals surface area (Å²) >= 11 is 0. The van der Waals surface area contributed by atoms with E-state index in [4.69, 9.17) is 4.74 Å². The van der Waals surface area contributed by atoms with E-state index in [1.165, 1.54) is 33.0 Å². The topological polar surface area (TPSA) is 128 Å². The molecule has 0 saturated carbocycles. The van der Waals surface area contributed by atoms with Crippen molar-refractivity contribution in [2.24, 2.45) is 0 Å². The van der Waals surface area contributed by atoms with Crippen molar-refractivity contribution in [2.75, 3.05) is 17.7 Å². The average molecular weight is 385 g/mol. The number of Topliss-reactive ketones (excluding diaryl/α,β-unsaturated/α-hetero) is 1. The number of para-hydroxylation sites is 1. The van der Waals surface area contributed by atoms with Gasteiger partial charge in [0.1, 0.15) is 5.69 Å². The fraction of sp³-hybridized carbons (Fsp3) is 0.211. The van der Waals surface area contributed by atoms with Crippen LogP contribution in [0.4, 0.5) is 17.1 Å². The molecule has 0 bridgehead atoms. The number of rotatable bonds is 7. The molecule has 9 nitrogen and oxygen atoms in total. The van der Waals surface area contributed by atoms with E-state index in [0.29, 0.717) is 11.3 Å². The fourth-order valence-electron chi connectivity index (χ4n) is 2.44. The third kappa shape index (κ3) is 4.70. The first-order chi connectivity index (χ1) is 13.2. The number of nitrogens with zero attached hydrogens (tertiary/aromatic N) is 1. The lowest BCUT2D eigenvalue weighted by Gasteiger charge is -2.15. The minimum Gasteiger partial charge on any atom is -0.449 e. The number of ether oxygens (including phenoxy) is 1. The molecule has 1 atom stereocenters. The third-order valence-corrected chi connectivity index (χ3v) is 3.92. The number of hydrogen-bond acceptors (Lipinski definition) is 7. The summed E-state index contributed by atoms with van der Waals surface area (Å²) < 4.78 is 5.10. The largest absolute Gasteiger partial charge is 0.449 e. The average Bonchev–Trinajstić information content (AvgIpc) is 2.67. The molecule has 1 unspecified atom stereocenters. The normalized spacial score (nSPS) is 11.2. The number of ketones is 1. The second kappa shape index (κ2) is 8.76. The van der Waals surface area contributed by atoms with E-state index in [0.717, 1.165) is 6.07 Å². The van der Waals surface area contributed by atoms with Crippen LogP contribution in [0.5, 0.6) is 0 Å². The standard InChI is InChI=1S/C19H19N3O6/c1-11(23)14-6-4-5-7-15(14)21-18(24)12(2)28-19(25)13-8-9-16(20-3)17(10-13)22(26)27/h4-10,12,20H,1-3H3,(H,21,24). The summed E-state index contributed by atoms with van der Waals surface area (Å²) in [5.74, 6) is -1.74. The summed E-state index contributed by atoms with van der Waals surface area (Å²) in [5.41, 5.74) is 0.525. The highest BCUT2D eigenvalue weighted by atomic mass is 16.6. The second-order valence-electron chi connectivity index (χ2n) is 5.88. The Balaban J connectivity index is 2.12. The minimum absolute atomic E-state index is 0.0607. The van der Waals surface area contributed by atoms with Gasteiger partial charge in [-0.25, -0.2) is 4.79 Å². The molecule has 0 aliphatic rings. The van der Waals surface area contributed by atoms with Crippen LogP contribution in [0.2, 0.25) is 0 Å². The predicted octanol–water partition coefficient (Wildman–Crippen LogP) is 3.02. The number of nitrogens with one attached hydrogen (secondary N) is 2. The van der Waals surface area contributed by atoms with Crippen molar-refractivity contribution in [2.45, 2.75) is 20.0 Å². The smallest absolute Gasteiger partial charge is 0.339 e. The molecule has 0 spiro atoms. The van der Waals surface area contributed by atoms with Gasteiger partial charge in [-0.3, -0.25) is 19.7 Å². The number of carbonyl (C=O) groups is 3. The molecule has 9 heteroatoms. The van der Waals surface area contributed by atoms with E-state index in [9.17, 15) is 24.5 Å². The number of nitro groups is 1. The van der Waals surface area contributed by atoms with Gasteiger partial charge in [-0.2, -0.15) is 0 Å².